The van der Waals surface area contributed by atoms with Gasteiger partial charge in [-0.3, -0.25) is 4.79 Å². The van der Waals surface area contributed by atoms with E-state index in [0.29, 0.717) is 34.4 Å². The lowest BCUT2D eigenvalue weighted by atomic mass is 10.1. The standard InChI is InChI=1S/C20H23Cl2N3O2S/c1-24(7-8-27-2)17-11-14(21)10-15(12-17)23-20(26)18-13-16(4-5-19(18)22)25-6-3-9-28-25/h4-5,10-13H,3,6-9H2,1-2H3,(H,23,26). The molecule has 1 heterocycles. The van der Waals surface area contributed by atoms with Crippen molar-refractivity contribution in [2.24, 2.45) is 0 Å². The minimum atomic E-state index is -0.260. The largest absolute Gasteiger partial charge is 0.383 e. The Hall–Kier alpha value is -1.60. The normalized spacial score (nSPS) is 13.6. The lowest BCUT2D eigenvalue weighted by molar-refractivity contribution is 0.102. The van der Waals surface area contributed by atoms with Crippen LogP contribution >= 0.6 is 35.1 Å². The van der Waals surface area contributed by atoms with Crippen molar-refractivity contribution in [1.29, 1.82) is 0 Å². The van der Waals surface area contributed by atoms with Gasteiger partial charge in [0.1, 0.15) is 0 Å². The molecule has 0 spiro atoms. The van der Waals surface area contributed by atoms with Gasteiger partial charge in [-0.1, -0.05) is 23.2 Å². The van der Waals surface area contributed by atoms with Gasteiger partial charge in [-0.2, -0.15) is 0 Å². The summed E-state index contributed by atoms with van der Waals surface area (Å²) in [4.78, 5) is 14.9. The van der Waals surface area contributed by atoms with Crippen molar-refractivity contribution in [3.63, 3.8) is 0 Å². The number of amides is 1. The summed E-state index contributed by atoms with van der Waals surface area (Å²) in [7, 11) is 3.61. The highest BCUT2D eigenvalue weighted by atomic mass is 35.5. The molecular formula is C20H23Cl2N3O2S. The minimum absolute atomic E-state index is 0.260. The molecule has 0 aliphatic carbocycles. The first-order valence-corrected chi connectivity index (χ1v) is 10.7. The fourth-order valence-electron chi connectivity index (χ4n) is 2.92. The number of anilines is 3. The van der Waals surface area contributed by atoms with Gasteiger partial charge in [0.05, 0.1) is 17.2 Å². The molecule has 5 nitrogen and oxygen atoms in total. The maximum Gasteiger partial charge on any atom is 0.257 e. The van der Waals surface area contributed by atoms with E-state index in [4.69, 9.17) is 27.9 Å². The minimum Gasteiger partial charge on any atom is -0.383 e. The van der Waals surface area contributed by atoms with Crippen LogP contribution < -0.4 is 14.5 Å². The summed E-state index contributed by atoms with van der Waals surface area (Å²) in [5.74, 6) is 0.829. The number of nitrogens with zero attached hydrogens (tertiary/aromatic N) is 2. The van der Waals surface area contributed by atoms with E-state index in [1.165, 1.54) is 0 Å². The molecule has 0 unspecified atom stereocenters. The summed E-state index contributed by atoms with van der Waals surface area (Å²) >= 11 is 14.3. The Balaban J connectivity index is 1.79. The Morgan fingerprint density at radius 2 is 2.11 bits per heavy atom. The number of rotatable bonds is 7. The van der Waals surface area contributed by atoms with Crippen LogP contribution in [0.15, 0.2) is 36.4 Å². The van der Waals surface area contributed by atoms with Crippen molar-refractivity contribution in [2.75, 3.05) is 54.1 Å². The van der Waals surface area contributed by atoms with E-state index >= 15 is 0 Å². The van der Waals surface area contributed by atoms with Crippen molar-refractivity contribution in [3.8, 4) is 0 Å². The molecule has 2 aromatic carbocycles. The highest BCUT2D eigenvalue weighted by molar-refractivity contribution is 8.00. The molecule has 0 saturated carbocycles. The summed E-state index contributed by atoms with van der Waals surface area (Å²) in [6.07, 6.45) is 1.14. The number of carbonyl (C=O) groups excluding carboxylic acids is 1. The van der Waals surface area contributed by atoms with E-state index in [-0.39, 0.29) is 5.91 Å². The van der Waals surface area contributed by atoms with Crippen molar-refractivity contribution in [1.82, 2.24) is 0 Å². The first-order chi connectivity index (χ1) is 13.5. The maximum absolute atomic E-state index is 12.9. The van der Waals surface area contributed by atoms with Gasteiger partial charge in [0.2, 0.25) is 0 Å². The van der Waals surface area contributed by atoms with Gasteiger partial charge in [-0.05, 0) is 54.8 Å². The smallest absolute Gasteiger partial charge is 0.257 e. The molecule has 0 bridgehead atoms. The third-order valence-electron chi connectivity index (χ3n) is 4.45. The summed E-state index contributed by atoms with van der Waals surface area (Å²) in [6, 6.07) is 11.0. The van der Waals surface area contributed by atoms with E-state index in [2.05, 4.69) is 9.62 Å². The molecule has 1 saturated heterocycles. The Morgan fingerprint density at radius 3 is 2.82 bits per heavy atom. The molecule has 3 rings (SSSR count). The molecule has 0 atom stereocenters. The Bertz CT molecular complexity index is 844. The zero-order valence-electron chi connectivity index (χ0n) is 15.9. The van der Waals surface area contributed by atoms with Crippen LogP contribution in [0.4, 0.5) is 17.1 Å². The average Bonchev–Trinajstić information content (AvgIpc) is 3.20. The first kappa shape index (κ1) is 21.1. The van der Waals surface area contributed by atoms with Crippen molar-refractivity contribution in [3.05, 3.63) is 52.0 Å². The predicted molar refractivity (Wildman–Crippen MR) is 120 cm³/mol. The number of hydrogen-bond acceptors (Lipinski definition) is 5. The number of hydrogen-bond donors (Lipinski definition) is 1. The monoisotopic (exact) mass is 439 g/mol. The van der Waals surface area contributed by atoms with Crippen molar-refractivity contribution in [2.45, 2.75) is 6.42 Å². The van der Waals surface area contributed by atoms with Crippen LogP contribution in [0.2, 0.25) is 10.0 Å². The number of nitrogens with one attached hydrogen (secondary N) is 1. The van der Waals surface area contributed by atoms with Crippen LogP contribution in [0.3, 0.4) is 0 Å². The molecule has 2 aromatic rings. The summed E-state index contributed by atoms with van der Waals surface area (Å²) in [5.41, 5.74) is 2.95. The predicted octanol–water partition coefficient (Wildman–Crippen LogP) is 5.19. The van der Waals surface area contributed by atoms with Crippen LogP contribution in [-0.2, 0) is 4.74 Å². The molecule has 28 heavy (non-hydrogen) atoms. The quantitative estimate of drug-likeness (QED) is 0.601. The third-order valence-corrected chi connectivity index (χ3v) is 6.17. The molecule has 1 aliphatic heterocycles. The van der Waals surface area contributed by atoms with E-state index in [1.54, 1.807) is 31.2 Å². The van der Waals surface area contributed by atoms with Crippen LogP contribution in [0.5, 0.6) is 0 Å². The second-order valence-electron chi connectivity index (χ2n) is 6.52. The summed E-state index contributed by atoms with van der Waals surface area (Å²) in [6.45, 7) is 2.28. The fourth-order valence-corrected chi connectivity index (χ4v) is 4.35. The fraction of sp³-hybridized carbons (Fsp3) is 0.350. The zero-order valence-corrected chi connectivity index (χ0v) is 18.2. The van der Waals surface area contributed by atoms with Gasteiger partial charge in [-0.25, -0.2) is 0 Å². The van der Waals surface area contributed by atoms with Gasteiger partial charge in [-0.15, -0.1) is 0 Å². The molecular weight excluding hydrogens is 417 g/mol. The number of likely N-dealkylation sites (N-methyl/N-ethyl adjacent to an activating group) is 1. The highest BCUT2D eigenvalue weighted by Gasteiger charge is 2.18. The number of carbonyl (C=O) groups is 1. The van der Waals surface area contributed by atoms with Crippen LogP contribution in [-0.4, -0.2) is 45.5 Å². The molecule has 1 amide bonds. The molecule has 150 valence electrons. The van der Waals surface area contributed by atoms with E-state index in [9.17, 15) is 4.79 Å². The second-order valence-corrected chi connectivity index (χ2v) is 8.47. The number of methoxy groups -OCH3 is 1. The lowest BCUT2D eigenvalue weighted by Gasteiger charge is -2.20. The van der Waals surface area contributed by atoms with Crippen molar-refractivity contribution >= 4 is 58.1 Å². The van der Waals surface area contributed by atoms with Gasteiger partial charge in [0.15, 0.2) is 0 Å². The Morgan fingerprint density at radius 1 is 1.29 bits per heavy atom. The molecule has 0 radical (unpaired) electrons. The number of ether oxygens (including phenoxy) is 1. The van der Waals surface area contributed by atoms with Crippen LogP contribution in [0, 0.1) is 0 Å². The lowest BCUT2D eigenvalue weighted by Crippen LogP contribution is -2.22. The van der Waals surface area contributed by atoms with E-state index in [0.717, 1.165) is 30.1 Å². The van der Waals surface area contributed by atoms with E-state index < -0.39 is 0 Å². The van der Waals surface area contributed by atoms with Gasteiger partial charge in [0.25, 0.3) is 5.91 Å². The number of halogens is 2. The van der Waals surface area contributed by atoms with Gasteiger partial charge in [0, 0.05) is 55.1 Å². The SMILES string of the molecule is COCCN(C)c1cc(Cl)cc(NC(=O)c2cc(N3CCCS3)ccc2Cl)c1. The Labute approximate surface area is 180 Å². The highest BCUT2D eigenvalue weighted by Crippen LogP contribution is 2.32. The first-order valence-electron chi connectivity index (χ1n) is 9.00. The number of benzene rings is 2. The molecule has 1 aliphatic rings. The van der Waals surface area contributed by atoms with Crippen LogP contribution in [0.1, 0.15) is 16.8 Å². The molecule has 8 heteroatoms. The topological polar surface area (TPSA) is 44.8 Å². The second kappa shape index (κ2) is 9.74. The maximum atomic E-state index is 12.9. The summed E-state index contributed by atoms with van der Waals surface area (Å²) < 4.78 is 7.31. The van der Waals surface area contributed by atoms with Crippen LogP contribution in [0.25, 0.3) is 0 Å². The molecule has 1 N–H and O–H groups in total. The average molecular weight is 440 g/mol. The third kappa shape index (κ3) is 5.26. The van der Waals surface area contributed by atoms with Gasteiger partial charge >= 0.3 is 0 Å². The zero-order chi connectivity index (χ0) is 20.1. The van der Waals surface area contributed by atoms with E-state index in [1.807, 2.05) is 36.2 Å². The Kier molecular flexibility index (Phi) is 7.35. The molecule has 1 fully saturated rings. The van der Waals surface area contributed by atoms with Crippen molar-refractivity contribution < 1.29 is 9.53 Å². The van der Waals surface area contributed by atoms with Gasteiger partial charge < -0.3 is 19.3 Å². The molecule has 0 aromatic heterocycles. The summed E-state index contributed by atoms with van der Waals surface area (Å²) in [5, 5.41) is 3.89.